The van der Waals surface area contributed by atoms with Crippen molar-refractivity contribution in [2.24, 2.45) is 0 Å². The quantitative estimate of drug-likeness (QED) is 0.247. The third-order valence-electron chi connectivity index (χ3n) is 6.54. The minimum atomic E-state index is -0.506. The average molecular weight is 461 g/mol. The number of fused-ring (bicyclic) bond motifs is 1. The molecule has 1 atom stereocenters. The number of hydrogen-bond acceptors (Lipinski definition) is 2. The van der Waals surface area contributed by atoms with Gasteiger partial charge in [-0.1, -0.05) is 103 Å². The molecule has 2 N–H and O–H groups in total. The fourth-order valence-corrected chi connectivity index (χ4v) is 4.87. The Labute approximate surface area is 207 Å². The number of aliphatic hydroxyl groups excluding tert-OH is 1. The molecule has 0 unspecified atom stereocenters. The van der Waals surface area contributed by atoms with Gasteiger partial charge in [-0.25, -0.2) is 0 Å². The van der Waals surface area contributed by atoms with Gasteiger partial charge in [0.05, 0.1) is 18.3 Å². The predicted octanol–water partition coefficient (Wildman–Crippen LogP) is 6.48. The lowest BCUT2D eigenvalue weighted by molar-refractivity contribution is 0.154. The van der Waals surface area contributed by atoms with Crippen molar-refractivity contribution < 1.29 is 5.11 Å². The third-order valence-corrected chi connectivity index (χ3v) is 6.54. The van der Waals surface area contributed by atoms with E-state index in [9.17, 15) is 5.11 Å². The molecule has 0 radical (unpaired) electrons. The van der Waals surface area contributed by atoms with E-state index in [4.69, 9.17) is 0 Å². The molecule has 0 amide bonds. The number of rotatable bonds is 9. The van der Waals surface area contributed by atoms with E-state index < -0.39 is 6.10 Å². The third kappa shape index (κ3) is 5.22. The lowest BCUT2D eigenvalue weighted by Crippen LogP contribution is -2.31. The molecule has 0 saturated heterocycles. The van der Waals surface area contributed by atoms with Gasteiger partial charge in [0.2, 0.25) is 0 Å². The van der Waals surface area contributed by atoms with Crippen LogP contribution in [-0.4, -0.2) is 28.9 Å². The van der Waals surface area contributed by atoms with Crippen LogP contribution in [0.15, 0.2) is 109 Å². The van der Waals surface area contributed by atoms with Crippen LogP contribution >= 0.6 is 0 Å². The predicted molar refractivity (Wildman–Crippen MR) is 147 cm³/mol. The van der Waals surface area contributed by atoms with Gasteiger partial charge in [0.1, 0.15) is 0 Å². The van der Waals surface area contributed by atoms with Gasteiger partial charge in [-0.2, -0.15) is 0 Å². The molecule has 1 aromatic heterocycles. The Hall–Kier alpha value is -3.66. The van der Waals surface area contributed by atoms with Crippen molar-refractivity contribution in [2.45, 2.75) is 26.0 Å². The summed E-state index contributed by atoms with van der Waals surface area (Å²) in [5.41, 5.74) is 8.41. The Balaban J connectivity index is 1.48. The summed E-state index contributed by atoms with van der Waals surface area (Å²) in [5, 5.41) is 15.7. The zero-order chi connectivity index (χ0) is 24.0. The van der Waals surface area contributed by atoms with E-state index in [0.717, 1.165) is 29.7 Å². The lowest BCUT2D eigenvalue weighted by Gasteiger charge is -2.18. The van der Waals surface area contributed by atoms with E-state index in [1.165, 1.54) is 27.6 Å². The van der Waals surface area contributed by atoms with Gasteiger partial charge >= 0.3 is 0 Å². The summed E-state index contributed by atoms with van der Waals surface area (Å²) in [6.45, 7) is 4.05. The van der Waals surface area contributed by atoms with Gasteiger partial charge in [-0.15, -0.1) is 0 Å². The molecule has 1 heterocycles. The fraction of sp³-hybridized carbons (Fsp3) is 0.188. The molecule has 0 fully saturated rings. The molecule has 0 aliphatic rings. The molecular weight excluding hydrogens is 428 g/mol. The summed E-state index contributed by atoms with van der Waals surface area (Å²) < 4.78 is 2.30. The number of nitrogens with one attached hydrogen (secondary N) is 1. The SMILES string of the molecule is Cc1ccc2c(c1)c(-c1ccccc1)c(-c1ccccc1)n2C[C@@H](O)CNCCc1ccccc1. The average Bonchev–Trinajstić information content (AvgIpc) is 3.21. The Morgan fingerprint density at radius 3 is 2.09 bits per heavy atom. The second-order valence-electron chi connectivity index (χ2n) is 9.18. The number of aryl methyl sites for hydroxylation is 1. The molecule has 0 saturated carbocycles. The minimum absolute atomic E-state index is 0.506. The molecule has 0 bridgehead atoms. The molecule has 5 aromatic rings. The summed E-state index contributed by atoms with van der Waals surface area (Å²) in [6.07, 6.45) is 0.445. The highest BCUT2D eigenvalue weighted by atomic mass is 16.3. The summed E-state index contributed by atoms with van der Waals surface area (Å²) in [5.74, 6) is 0. The summed E-state index contributed by atoms with van der Waals surface area (Å²) in [7, 11) is 0. The van der Waals surface area contributed by atoms with Crippen LogP contribution in [0.5, 0.6) is 0 Å². The Morgan fingerprint density at radius 1 is 0.771 bits per heavy atom. The number of benzene rings is 4. The molecule has 176 valence electrons. The normalized spacial score (nSPS) is 12.2. The zero-order valence-electron chi connectivity index (χ0n) is 20.2. The fourth-order valence-electron chi connectivity index (χ4n) is 4.87. The van der Waals surface area contributed by atoms with Gasteiger partial charge < -0.3 is 15.0 Å². The summed E-state index contributed by atoms with van der Waals surface area (Å²) >= 11 is 0. The van der Waals surface area contributed by atoms with Crippen molar-refractivity contribution >= 4 is 10.9 Å². The van der Waals surface area contributed by atoms with Crippen LogP contribution in [0.2, 0.25) is 0 Å². The van der Waals surface area contributed by atoms with Crippen LogP contribution < -0.4 is 5.32 Å². The number of hydrogen-bond donors (Lipinski definition) is 2. The maximum Gasteiger partial charge on any atom is 0.0843 e. The maximum absolute atomic E-state index is 11.1. The van der Waals surface area contributed by atoms with Crippen molar-refractivity contribution in [1.29, 1.82) is 0 Å². The standard InChI is InChI=1S/C32H32N2O/c1-24-17-18-30-29(21-24)31(26-13-7-3-8-14-26)32(27-15-9-4-10-16-27)34(30)23-28(35)22-33-20-19-25-11-5-2-6-12-25/h2-18,21,28,33,35H,19-20,22-23H2,1H3/t28-/m0/s1. The smallest absolute Gasteiger partial charge is 0.0843 e. The van der Waals surface area contributed by atoms with Crippen molar-refractivity contribution in [3.8, 4) is 22.4 Å². The van der Waals surface area contributed by atoms with Crippen molar-refractivity contribution in [3.05, 3.63) is 120 Å². The molecule has 4 aromatic carbocycles. The second-order valence-corrected chi connectivity index (χ2v) is 9.18. The van der Waals surface area contributed by atoms with Crippen LogP contribution in [0.25, 0.3) is 33.3 Å². The number of nitrogens with zero attached hydrogens (tertiary/aromatic N) is 1. The molecule has 0 aliphatic heterocycles. The second kappa shape index (κ2) is 10.7. The van der Waals surface area contributed by atoms with E-state index in [1.54, 1.807) is 0 Å². The van der Waals surface area contributed by atoms with Gasteiger partial charge in [0.15, 0.2) is 0 Å². The van der Waals surface area contributed by atoms with Crippen molar-refractivity contribution in [2.75, 3.05) is 13.1 Å². The van der Waals surface area contributed by atoms with Crippen molar-refractivity contribution in [1.82, 2.24) is 9.88 Å². The van der Waals surface area contributed by atoms with Crippen LogP contribution in [0.1, 0.15) is 11.1 Å². The molecule has 3 heteroatoms. The summed E-state index contributed by atoms with van der Waals surface area (Å²) in [6, 6.07) is 38.2. The van der Waals surface area contributed by atoms with Crippen LogP contribution in [0.3, 0.4) is 0 Å². The highest BCUT2D eigenvalue weighted by Crippen LogP contribution is 2.41. The first-order valence-electron chi connectivity index (χ1n) is 12.4. The highest BCUT2D eigenvalue weighted by Gasteiger charge is 2.21. The molecular formula is C32H32N2O. The lowest BCUT2D eigenvalue weighted by atomic mass is 9.98. The topological polar surface area (TPSA) is 37.2 Å². The van der Waals surface area contributed by atoms with Crippen molar-refractivity contribution in [3.63, 3.8) is 0 Å². The van der Waals surface area contributed by atoms with E-state index in [-0.39, 0.29) is 0 Å². The highest BCUT2D eigenvalue weighted by molar-refractivity contribution is 6.04. The van der Waals surface area contributed by atoms with Gasteiger partial charge in [-0.05, 0) is 48.7 Å². The van der Waals surface area contributed by atoms with Gasteiger partial charge in [0.25, 0.3) is 0 Å². The molecule has 3 nitrogen and oxygen atoms in total. The molecule has 0 aliphatic carbocycles. The summed E-state index contributed by atoms with van der Waals surface area (Å²) in [4.78, 5) is 0. The number of aromatic nitrogens is 1. The Morgan fingerprint density at radius 2 is 1.40 bits per heavy atom. The first kappa shape index (κ1) is 23.1. The molecule has 5 rings (SSSR count). The zero-order valence-corrected chi connectivity index (χ0v) is 20.2. The van der Waals surface area contributed by atoms with Gasteiger partial charge in [0, 0.05) is 23.0 Å². The molecule has 35 heavy (non-hydrogen) atoms. The van der Waals surface area contributed by atoms with Crippen LogP contribution in [0.4, 0.5) is 0 Å². The van der Waals surface area contributed by atoms with Crippen LogP contribution in [-0.2, 0) is 13.0 Å². The monoisotopic (exact) mass is 460 g/mol. The van der Waals surface area contributed by atoms with E-state index >= 15 is 0 Å². The molecule has 0 spiro atoms. The Bertz CT molecular complexity index is 1380. The van der Waals surface area contributed by atoms with Gasteiger partial charge in [-0.3, -0.25) is 0 Å². The minimum Gasteiger partial charge on any atom is -0.390 e. The van der Waals surface area contributed by atoms with E-state index in [0.29, 0.717) is 13.1 Å². The van der Waals surface area contributed by atoms with E-state index in [1.807, 2.05) is 12.1 Å². The maximum atomic E-state index is 11.1. The van der Waals surface area contributed by atoms with E-state index in [2.05, 4.69) is 114 Å². The first-order chi connectivity index (χ1) is 17.2. The van der Waals surface area contributed by atoms with Crippen LogP contribution in [0, 0.1) is 6.92 Å². The Kier molecular flexibility index (Phi) is 7.08. The largest absolute Gasteiger partial charge is 0.390 e. The first-order valence-corrected chi connectivity index (χ1v) is 12.4. The number of aliphatic hydroxyl groups is 1.